The molecule has 2 N–H and O–H groups in total. The third kappa shape index (κ3) is 3.65. The molecule has 80 valence electrons. The summed E-state index contributed by atoms with van der Waals surface area (Å²) < 4.78 is 12.5. The van der Waals surface area contributed by atoms with Gasteiger partial charge in [0, 0.05) is 22.3 Å². The van der Waals surface area contributed by atoms with Gasteiger partial charge in [-0.25, -0.2) is 0 Å². The third-order valence-electron chi connectivity index (χ3n) is 1.82. The molecule has 0 radical (unpaired) electrons. The van der Waals surface area contributed by atoms with E-state index in [1.54, 1.807) is 18.2 Å². The van der Waals surface area contributed by atoms with Gasteiger partial charge in [0.1, 0.15) is 0 Å². The van der Waals surface area contributed by atoms with Crippen molar-refractivity contribution in [3.8, 4) is 6.07 Å². The fourth-order valence-electron chi connectivity index (χ4n) is 1.09. The van der Waals surface area contributed by atoms with E-state index < -0.39 is 10.8 Å². The van der Waals surface area contributed by atoms with Crippen LogP contribution in [-0.4, -0.2) is 9.96 Å². The molecule has 5 heteroatoms. The van der Waals surface area contributed by atoms with Crippen molar-refractivity contribution in [2.24, 2.45) is 0 Å². The largest absolute Gasteiger partial charge is 0.399 e. The smallest absolute Gasteiger partial charge is 0.0622 e. The van der Waals surface area contributed by atoms with Crippen molar-refractivity contribution in [1.29, 1.82) is 5.26 Å². The number of anilines is 1. The molecule has 0 aliphatic carbocycles. The van der Waals surface area contributed by atoms with Crippen LogP contribution in [0, 0.1) is 11.3 Å². The molecule has 0 fully saturated rings. The van der Waals surface area contributed by atoms with Crippen LogP contribution in [0.5, 0.6) is 0 Å². The van der Waals surface area contributed by atoms with E-state index in [4.69, 9.17) is 11.0 Å². The minimum Gasteiger partial charge on any atom is -0.399 e. The molecule has 0 heterocycles. The summed E-state index contributed by atoms with van der Waals surface area (Å²) in [7, 11) is -1.06. The van der Waals surface area contributed by atoms with E-state index in [1.165, 1.54) is 0 Å². The summed E-state index contributed by atoms with van der Waals surface area (Å²) in [6.07, 6.45) is 1.10. The number of rotatable bonds is 4. The fourth-order valence-corrected chi connectivity index (χ4v) is 3.15. The molecule has 0 saturated carbocycles. The maximum absolute atomic E-state index is 11.8. The summed E-state index contributed by atoms with van der Waals surface area (Å²) in [5.74, 6) is 0.510. The number of hydrogen-bond acceptors (Lipinski definition) is 3. The number of halogens is 1. The Kier molecular flexibility index (Phi) is 4.79. The first-order chi connectivity index (χ1) is 7.15. The van der Waals surface area contributed by atoms with E-state index in [1.807, 2.05) is 6.07 Å². The topological polar surface area (TPSA) is 66.9 Å². The summed E-state index contributed by atoms with van der Waals surface area (Å²) in [5, 5.41) is 8.37. The molecule has 0 aliphatic heterocycles. The number of nitriles is 1. The first-order valence-electron chi connectivity index (χ1n) is 4.45. The molecule has 0 aromatic heterocycles. The highest BCUT2D eigenvalue weighted by Gasteiger charge is 2.07. The zero-order chi connectivity index (χ0) is 11.3. The van der Waals surface area contributed by atoms with Crippen molar-refractivity contribution in [1.82, 2.24) is 0 Å². The van der Waals surface area contributed by atoms with Gasteiger partial charge in [0.05, 0.1) is 21.8 Å². The lowest BCUT2D eigenvalue weighted by Crippen LogP contribution is -1.99. The Balaban J connectivity index is 2.70. The zero-order valence-corrected chi connectivity index (χ0v) is 10.5. The number of hydrogen-bond donors (Lipinski definition) is 1. The highest BCUT2D eigenvalue weighted by molar-refractivity contribution is 9.10. The van der Waals surface area contributed by atoms with Gasteiger partial charge >= 0.3 is 0 Å². The average Bonchev–Trinajstić information content (AvgIpc) is 2.17. The lowest BCUT2D eigenvalue weighted by molar-refractivity contribution is 0.680. The Hall–Kier alpha value is -0.860. The Morgan fingerprint density at radius 2 is 2.27 bits per heavy atom. The summed E-state index contributed by atoms with van der Waals surface area (Å²) in [5.41, 5.74) is 6.22. The molecule has 0 saturated heterocycles. The molecule has 15 heavy (non-hydrogen) atoms. The van der Waals surface area contributed by atoms with Crippen molar-refractivity contribution in [3.63, 3.8) is 0 Å². The van der Waals surface area contributed by atoms with Gasteiger partial charge in [0.15, 0.2) is 0 Å². The van der Waals surface area contributed by atoms with Gasteiger partial charge in [-0.05, 0) is 40.5 Å². The molecule has 0 aliphatic rings. The normalized spacial score (nSPS) is 12.0. The van der Waals surface area contributed by atoms with Crippen LogP contribution in [0.15, 0.2) is 27.6 Å². The van der Waals surface area contributed by atoms with Crippen LogP contribution in [0.3, 0.4) is 0 Å². The van der Waals surface area contributed by atoms with Gasteiger partial charge in [-0.2, -0.15) is 5.26 Å². The Morgan fingerprint density at radius 1 is 1.53 bits per heavy atom. The van der Waals surface area contributed by atoms with Crippen LogP contribution >= 0.6 is 15.9 Å². The summed E-state index contributed by atoms with van der Waals surface area (Å²) in [4.78, 5) is 0.738. The van der Waals surface area contributed by atoms with E-state index in [2.05, 4.69) is 15.9 Å². The van der Waals surface area contributed by atoms with Crippen molar-refractivity contribution in [3.05, 3.63) is 22.7 Å². The number of unbranched alkanes of at least 4 members (excludes halogenated alkanes) is 1. The summed E-state index contributed by atoms with van der Waals surface area (Å²) >= 11 is 3.32. The third-order valence-corrected chi connectivity index (χ3v) is 4.24. The summed E-state index contributed by atoms with van der Waals surface area (Å²) in [6, 6.07) is 7.24. The predicted octanol–water partition coefficient (Wildman–Crippen LogP) is 2.44. The van der Waals surface area contributed by atoms with E-state index >= 15 is 0 Å². The first-order valence-corrected chi connectivity index (χ1v) is 6.56. The zero-order valence-electron chi connectivity index (χ0n) is 8.07. The van der Waals surface area contributed by atoms with Crippen molar-refractivity contribution in [2.75, 3.05) is 11.5 Å². The quantitative estimate of drug-likeness (QED) is 0.683. The maximum Gasteiger partial charge on any atom is 0.0622 e. The Morgan fingerprint density at radius 3 is 2.87 bits per heavy atom. The SMILES string of the molecule is N#CCCCS(=O)c1ccc(N)cc1Br. The lowest BCUT2D eigenvalue weighted by Gasteiger charge is -2.04. The molecule has 1 aromatic rings. The van der Waals surface area contributed by atoms with Crippen LogP contribution in [0.25, 0.3) is 0 Å². The molecular weight excluding hydrogens is 276 g/mol. The van der Waals surface area contributed by atoms with Crippen molar-refractivity contribution >= 4 is 32.4 Å². The van der Waals surface area contributed by atoms with Gasteiger partial charge in [-0.3, -0.25) is 4.21 Å². The van der Waals surface area contributed by atoms with Crippen molar-refractivity contribution < 1.29 is 4.21 Å². The van der Waals surface area contributed by atoms with Gasteiger partial charge < -0.3 is 5.73 Å². The molecule has 0 bridgehead atoms. The lowest BCUT2D eigenvalue weighted by atomic mass is 10.3. The molecular formula is C10H11BrN2OS. The van der Waals surface area contributed by atoms with E-state index in [0.717, 1.165) is 9.37 Å². The highest BCUT2D eigenvalue weighted by Crippen LogP contribution is 2.23. The van der Waals surface area contributed by atoms with Crippen LogP contribution < -0.4 is 5.73 Å². The van der Waals surface area contributed by atoms with E-state index in [-0.39, 0.29) is 0 Å². The van der Waals surface area contributed by atoms with Gasteiger partial charge in [-0.1, -0.05) is 0 Å². The Labute approximate surface area is 99.9 Å². The van der Waals surface area contributed by atoms with Crippen LogP contribution in [0.2, 0.25) is 0 Å². The second-order valence-electron chi connectivity index (χ2n) is 3.00. The minimum absolute atomic E-state index is 0.443. The predicted molar refractivity (Wildman–Crippen MR) is 64.7 cm³/mol. The molecule has 0 spiro atoms. The number of nitrogen functional groups attached to an aromatic ring is 1. The molecule has 1 atom stereocenters. The van der Waals surface area contributed by atoms with Crippen LogP contribution in [0.4, 0.5) is 5.69 Å². The Bertz CT molecular complexity index is 414. The van der Waals surface area contributed by atoms with Gasteiger partial charge in [-0.15, -0.1) is 0 Å². The molecule has 3 nitrogen and oxygen atoms in total. The number of nitrogens with two attached hydrogens (primary N) is 1. The first kappa shape index (κ1) is 12.2. The van der Waals surface area contributed by atoms with Crippen molar-refractivity contribution in [2.45, 2.75) is 17.7 Å². The summed E-state index contributed by atoms with van der Waals surface area (Å²) in [6.45, 7) is 0. The molecule has 1 aromatic carbocycles. The van der Waals surface area contributed by atoms with E-state index in [0.29, 0.717) is 24.3 Å². The second-order valence-corrected chi connectivity index (χ2v) is 5.39. The molecule has 0 amide bonds. The average molecular weight is 287 g/mol. The maximum atomic E-state index is 11.8. The van der Waals surface area contributed by atoms with Gasteiger partial charge in [0.2, 0.25) is 0 Å². The standard InChI is InChI=1S/C10H11BrN2OS/c11-9-7-8(13)3-4-10(9)15(14)6-2-1-5-12/h3-4,7H,1-2,6,13H2. The second kappa shape index (κ2) is 5.89. The molecule has 1 unspecified atom stereocenters. The highest BCUT2D eigenvalue weighted by atomic mass is 79.9. The van der Waals surface area contributed by atoms with Crippen LogP contribution in [0.1, 0.15) is 12.8 Å². The fraction of sp³-hybridized carbons (Fsp3) is 0.300. The van der Waals surface area contributed by atoms with Gasteiger partial charge in [0.25, 0.3) is 0 Å². The molecule has 1 rings (SSSR count). The monoisotopic (exact) mass is 286 g/mol. The number of nitrogens with zero attached hydrogens (tertiary/aromatic N) is 1. The van der Waals surface area contributed by atoms with Crippen LogP contribution in [-0.2, 0) is 10.8 Å². The van der Waals surface area contributed by atoms with E-state index in [9.17, 15) is 4.21 Å². The minimum atomic E-state index is -1.06. The number of benzene rings is 1.